The molecule has 1 unspecified atom stereocenters. The highest BCUT2D eigenvalue weighted by Gasteiger charge is 2.25. The number of carbonyl (C=O) groups is 1. The maximum Gasteiger partial charge on any atom is 0.223 e. The third kappa shape index (κ3) is 3.57. The fourth-order valence-corrected chi connectivity index (χ4v) is 5.52. The molecule has 22 heavy (non-hydrogen) atoms. The normalized spacial score (nSPS) is 22.5. The number of carbonyl (C=O) groups excluding carboxylic acids is 1. The monoisotopic (exact) mass is 340 g/mol. The van der Waals surface area contributed by atoms with Gasteiger partial charge in [-0.3, -0.25) is 4.79 Å². The van der Waals surface area contributed by atoms with Gasteiger partial charge in [-0.05, 0) is 25.7 Å². The number of rotatable bonds is 4. The van der Waals surface area contributed by atoms with E-state index in [1.54, 1.807) is 29.4 Å². The van der Waals surface area contributed by atoms with Crippen molar-refractivity contribution in [1.29, 1.82) is 0 Å². The second kappa shape index (κ2) is 6.12. The van der Waals surface area contributed by atoms with Crippen molar-refractivity contribution < 1.29 is 13.2 Å². The fourth-order valence-electron chi connectivity index (χ4n) is 2.91. The third-order valence-corrected chi connectivity index (χ3v) is 6.74. The van der Waals surface area contributed by atoms with Crippen LogP contribution in [0, 0.1) is 5.92 Å². The maximum atomic E-state index is 12.2. The summed E-state index contributed by atoms with van der Waals surface area (Å²) in [4.78, 5) is 19.9. The van der Waals surface area contributed by atoms with E-state index in [0.29, 0.717) is 6.54 Å². The highest BCUT2D eigenvalue weighted by Crippen LogP contribution is 2.27. The fraction of sp³-hybridized carbons (Fsp3) is 0.600. The summed E-state index contributed by atoms with van der Waals surface area (Å²) >= 11 is 1.71. The summed E-state index contributed by atoms with van der Waals surface area (Å²) < 4.78 is 22.8. The first-order valence-corrected chi connectivity index (χ1v) is 10.1. The summed E-state index contributed by atoms with van der Waals surface area (Å²) in [6.45, 7) is 0.514. The van der Waals surface area contributed by atoms with Crippen molar-refractivity contribution in [3.8, 4) is 0 Å². The van der Waals surface area contributed by atoms with Crippen molar-refractivity contribution in [2.24, 2.45) is 5.92 Å². The Morgan fingerprint density at radius 1 is 1.41 bits per heavy atom. The molecule has 120 valence electrons. The number of allylic oxidation sites excluding steroid dienone is 1. The maximum absolute atomic E-state index is 12.2. The lowest BCUT2D eigenvalue weighted by molar-refractivity contribution is -0.130. The number of amides is 1. The number of fused-ring (bicyclic) bond motifs is 1. The number of thiazole rings is 1. The molecule has 2 aliphatic rings. The average molecular weight is 340 g/mol. The van der Waals surface area contributed by atoms with E-state index in [1.807, 2.05) is 0 Å². The van der Waals surface area contributed by atoms with Crippen LogP contribution in [0.3, 0.4) is 0 Å². The molecule has 1 amide bonds. The Morgan fingerprint density at radius 2 is 2.18 bits per heavy atom. The molecular formula is C15H20N2O3S2. The molecular weight excluding hydrogens is 320 g/mol. The van der Waals surface area contributed by atoms with Crippen molar-refractivity contribution in [3.05, 3.63) is 27.1 Å². The highest BCUT2D eigenvalue weighted by molar-refractivity contribution is 7.94. The minimum atomic E-state index is -3.09. The molecule has 1 aliphatic carbocycles. The summed E-state index contributed by atoms with van der Waals surface area (Å²) in [6.07, 6.45) is 6.46. The average Bonchev–Trinajstić information content (AvgIpc) is 3.00. The second-order valence-electron chi connectivity index (χ2n) is 6.06. The van der Waals surface area contributed by atoms with Gasteiger partial charge < -0.3 is 4.90 Å². The van der Waals surface area contributed by atoms with Crippen LogP contribution in [-0.4, -0.2) is 37.0 Å². The topological polar surface area (TPSA) is 67.3 Å². The van der Waals surface area contributed by atoms with E-state index in [1.165, 1.54) is 28.8 Å². The zero-order valence-electron chi connectivity index (χ0n) is 12.6. The predicted molar refractivity (Wildman–Crippen MR) is 86.3 cm³/mol. The molecule has 2 heterocycles. The van der Waals surface area contributed by atoms with Crippen LogP contribution in [-0.2, 0) is 34.0 Å². The van der Waals surface area contributed by atoms with E-state index in [-0.39, 0.29) is 24.0 Å². The van der Waals surface area contributed by atoms with E-state index in [2.05, 4.69) is 4.98 Å². The summed E-state index contributed by atoms with van der Waals surface area (Å²) in [7, 11) is -1.33. The van der Waals surface area contributed by atoms with Gasteiger partial charge in [0.1, 0.15) is 5.01 Å². The molecule has 0 radical (unpaired) electrons. The molecule has 1 atom stereocenters. The lowest BCUT2D eigenvalue weighted by atomic mass is 10.0. The van der Waals surface area contributed by atoms with E-state index in [0.717, 1.165) is 17.8 Å². The first kappa shape index (κ1) is 15.7. The Morgan fingerprint density at radius 3 is 2.86 bits per heavy atom. The van der Waals surface area contributed by atoms with Crippen molar-refractivity contribution >= 4 is 27.1 Å². The molecule has 0 fully saturated rings. The van der Waals surface area contributed by atoms with Crippen LogP contribution in [0.1, 0.15) is 34.8 Å². The van der Waals surface area contributed by atoms with Gasteiger partial charge in [0, 0.05) is 29.7 Å². The van der Waals surface area contributed by atoms with Crippen LogP contribution in [0.2, 0.25) is 0 Å². The van der Waals surface area contributed by atoms with Gasteiger partial charge in [-0.25, -0.2) is 13.4 Å². The van der Waals surface area contributed by atoms with Crippen LogP contribution >= 0.6 is 11.3 Å². The number of hydrogen-bond acceptors (Lipinski definition) is 5. The zero-order chi connectivity index (χ0) is 15.7. The minimum Gasteiger partial charge on any atom is -0.339 e. The lowest BCUT2D eigenvalue weighted by Gasteiger charge is -2.17. The van der Waals surface area contributed by atoms with Gasteiger partial charge in [0.05, 0.1) is 18.0 Å². The van der Waals surface area contributed by atoms with Crippen LogP contribution in [0.25, 0.3) is 0 Å². The van der Waals surface area contributed by atoms with Crippen LogP contribution in [0.4, 0.5) is 0 Å². The van der Waals surface area contributed by atoms with Crippen molar-refractivity contribution in [2.45, 2.75) is 38.6 Å². The van der Waals surface area contributed by atoms with Crippen molar-refractivity contribution in [2.75, 3.05) is 12.8 Å². The molecule has 0 spiro atoms. The van der Waals surface area contributed by atoms with Crippen LogP contribution in [0.15, 0.2) is 11.5 Å². The Hall–Kier alpha value is -1.21. The van der Waals surface area contributed by atoms with Gasteiger partial charge in [0.2, 0.25) is 5.91 Å². The van der Waals surface area contributed by atoms with Gasteiger partial charge in [-0.2, -0.15) is 0 Å². The van der Waals surface area contributed by atoms with E-state index in [9.17, 15) is 13.2 Å². The number of nitrogens with zero attached hydrogens (tertiary/aromatic N) is 2. The Balaban J connectivity index is 1.57. The second-order valence-corrected chi connectivity index (χ2v) is 9.16. The van der Waals surface area contributed by atoms with Gasteiger partial charge in [0.15, 0.2) is 9.84 Å². The van der Waals surface area contributed by atoms with Crippen molar-refractivity contribution in [3.63, 3.8) is 0 Å². The minimum absolute atomic E-state index is 0.0279. The quantitative estimate of drug-likeness (QED) is 0.840. The lowest BCUT2D eigenvalue weighted by Crippen LogP contribution is -2.28. The molecule has 1 aromatic rings. The van der Waals surface area contributed by atoms with Gasteiger partial charge in [0.25, 0.3) is 0 Å². The van der Waals surface area contributed by atoms with E-state index in [4.69, 9.17) is 0 Å². The number of hydrogen-bond donors (Lipinski definition) is 0. The number of sulfone groups is 1. The van der Waals surface area contributed by atoms with Crippen LogP contribution < -0.4 is 0 Å². The zero-order valence-corrected chi connectivity index (χ0v) is 14.3. The molecule has 0 N–H and O–H groups in total. The molecule has 0 bridgehead atoms. The number of aryl methyl sites for hydroxylation is 2. The molecule has 1 aromatic heterocycles. The Bertz CT molecular complexity index is 683. The molecule has 5 nitrogen and oxygen atoms in total. The predicted octanol–water partition coefficient (Wildman–Crippen LogP) is 1.93. The summed E-state index contributed by atoms with van der Waals surface area (Å²) in [5, 5.41) is 2.21. The van der Waals surface area contributed by atoms with Gasteiger partial charge >= 0.3 is 0 Å². The molecule has 0 saturated carbocycles. The summed E-state index contributed by atoms with van der Waals surface area (Å²) in [5.74, 6) is -0.164. The molecule has 0 aromatic carbocycles. The first-order chi connectivity index (χ1) is 10.4. The molecule has 0 saturated heterocycles. The van der Waals surface area contributed by atoms with Gasteiger partial charge in [-0.1, -0.05) is 6.08 Å². The largest absolute Gasteiger partial charge is 0.339 e. The van der Waals surface area contributed by atoms with E-state index >= 15 is 0 Å². The highest BCUT2D eigenvalue weighted by atomic mass is 32.2. The van der Waals surface area contributed by atoms with Crippen molar-refractivity contribution in [1.82, 2.24) is 9.88 Å². The summed E-state index contributed by atoms with van der Waals surface area (Å²) in [6, 6.07) is 0. The number of aromatic nitrogens is 1. The first-order valence-electron chi connectivity index (χ1n) is 7.55. The Labute approximate surface area is 135 Å². The molecule has 1 aliphatic heterocycles. The Kier molecular flexibility index (Phi) is 4.36. The third-order valence-electron chi connectivity index (χ3n) is 4.13. The van der Waals surface area contributed by atoms with Crippen LogP contribution in [0.5, 0.6) is 0 Å². The summed E-state index contributed by atoms with van der Waals surface area (Å²) in [5.41, 5.74) is 1.21. The SMILES string of the molecule is CN(Cc1nc2c(s1)CCCC2)C(=O)CC1C=CS(=O)(=O)C1. The smallest absolute Gasteiger partial charge is 0.223 e. The molecule has 7 heteroatoms. The molecule has 3 rings (SSSR count). The van der Waals surface area contributed by atoms with Gasteiger partial charge in [-0.15, -0.1) is 11.3 Å². The standard InChI is InChI=1S/C15H20N2O3S2/c1-17(15(18)8-11-6-7-22(19,20)10-11)9-14-16-12-4-2-3-5-13(12)21-14/h6-7,11H,2-5,8-10H2,1H3. The van der Waals surface area contributed by atoms with E-state index < -0.39 is 9.84 Å².